The summed E-state index contributed by atoms with van der Waals surface area (Å²) in [6, 6.07) is 0. The highest BCUT2D eigenvalue weighted by atomic mass is 16.7. The monoisotopic (exact) mass is 252 g/mol. The van der Waals surface area contributed by atoms with Gasteiger partial charge >= 0.3 is 5.97 Å². The first-order chi connectivity index (χ1) is 8.70. The van der Waals surface area contributed by atoms with Gasteiger partial charge in [-0.25, -0.2) is 4.79 Å². The molecule has 4 heteroatoms. The van der Waals surface area contributed by atoms with E-state index >= 15 is 0 Å². The molecule has 1 fully saturated rings. The van der Waals surface area contributed by atoms with Gasteiger partial charge in [0.25, 0.3) is 0 Å². The largest absolute Gasteiger partial charge is 0.466 e. The lowest BCUT2D eigenvalue weighted by Gasteiger charge is -2.25. The summed E-state index contributed by atoms with van der Waals surface area (Å²) < 4.78 is 15.9. The molecule has 0 N–H and O–H groups in total. The van der Waals surface area contributed by atoms with Crippen molar-refractivity contribution >= 4 is 5.97 Å². The van der Waals surface area contributed by atoms with Crippen molar-refractivity contribution in [1.82, 2.24) is 0 Å². The lowest BCUT2D eigenvalue weighted by Crippen LogP contribution is -2.24. The molecule has 1 heterocycles. The summed E-state index contributed by atoms with van der Waals surface area (Å²) >= 11 is 0. The van der Waals surface area contributed by atoms with Crippen molar-refractivity contribution in [1.29, 1.82) is 0 Å². The van der Waals surface area contributed by atoms with E-state index in [0.29, 0.717) is 17.3 Å². The molecule has 0 spiro atoms. The molecule has 0 amide bonds. The third-order valence-corrected chi connectivity index (χ3v) is 3.47. The average Bonchev–Trinajstić information content (AvgIpc) is 2.87. The Hall–Kier alpha value is -1.45. The number of esters is 1. The lowest BCUT2D eigenvalue weighted by atomic mass is 9.89. The molecule has 0 radical (unpaired) electrons. The van der Waals surface area contributed by atoms with Crippen molar-refractivity contribution in [3.8, 4) is 0 Å². The van der Waals surface area contributed by atoms with Crippen LogP contribution in [0.5, 0.6) is 0 Å². The fraction of sp³-hybridized carbons (Fsp3) is 0.643. The molecule has 18 heavy (non-hydrogen) atoms. The molecule has 0 saturated heterocycles. The standard InChI is InChI=1S/C14H20O4/c1-10(13(15)16-2)8-12-9-17-14(18-12)11-6-4-3-5-7-11/h8-9,11,14H,3-7H2,1-2H3. The number of carbonyl (C=O) groups is 1. The fourth-order valence-electron chi connectivity index (χ4n) is 2.44. The molecule has 0 aromatic carbocycles. The minimum absolute atomic E-state index is 0.179. The molecule has 2 aliphatic rings. The Morgan fingerprint density at radius 1 is 1.39 bits per heavy atom. The van der Waals surface area contributed by atoms with Gasteiger partial charge in [0.05, 0.1) is 7.11 Å². The number of methoxy groups -OCH3 is 1. The van der Waals surface area contributed by atoms with Crippen LogP contribution < -0.4 is 0 Å². The Kier molecular flexibility index (Phi) is 4.28. The van der Waals surface area contributed by atoms with Crippen LogP contribution in [-0.4, -0.2) is 19.4 Å². The van der Waals surface area contributed by atoms with E-state index in [-0.39, 0.29) is 12.3 Å². The second kappa shape index (κ2) is 5.94. The second-order valence-corrected chi connectivity index (χ2v) is 4.86. The smallest absolute Gasteiger partial charge is 0.333 e. The zero-order valence-electron chi connectivity index (χ0n) is 11.0. The van der Waals surface area contributed by atoms with Crippen LogP contribution in [0.2, 0.25) is 0 Å². The molecule has 0 aromatic rings. The molecule has 0 bridgehead atoms. The first kappa shape index (κ1) is 13.0. The first-order valence-corrected chi connectivity index (χ1v) is 6.49. The molecule has 4 nitrogen and oxygen atoms in total. The van der Waals surface area contributed by atoms with Gasteiger partial charge in [0.2, 0.25) is 6.29 Å². The van der Waals surface area contributed by atoms with Gasteiger partial charge < -0.3 is 14.2 Å². The molecule has 100 valence electrons. The number of hydrogen-bond acceptors (Lipinski definition) is 4. The van der Waals surface area contributed by atoms with E-state index in [4.69, 9.17) is 9.47 Å². The van der Waals surface area contributed by atoms with E-state index in [9.17, 15) is 4.79 Å². The highest BCUT2D eigenvalue weighted by molar-refractivity contribution is 5.88. The third kappa shape index (κ3) is 3.06. The van der Waals surface area contributed by atoms with Gasteiger partial charge in [-0.05, 0) is 25.8 Å². The van der Waals surface area contributed by atoms with Crippen molar-refractivity contribution in [2.75, 3.05) is 7.11 Å². The Morgan fingerprint density at radius 2 is 2.11 bits per heavy atom. The zero-order chi connectivity index (χ0) is 13.0. The Labute approximate surface area is 108 Å². The minimum atomic E-state index is -0.347. The van der Waals surface area contributed by atoms with Crippen LogP contribution in [0.4, 0.5) is 0 Å². The molecule has 1 saturated carbocycles. The van der Waals surface area contributed by atoms with E-state index < -0.39 is 0 Å². The minimum Gasteiger partial charge on any atom is -0.466 e. The summed E-state index contributed by atoms with van der Waals surface area (Å²) in [6.07, 6.45) is 9.20. The zero-order valence-corrected chi connectivity index (χ0v) is 11.0. The van der Waals surface area contributed by atoms with Gasteiger partial charge in [0.15, 0.2) is 5.76 Å². The predicted molar refractivity (Wildman–Crippen MR) is 66.4 cm³/mol. The maximum Gasteiger partial charge on any atom is 0.333 e. The second-order valence-electron chi connectivity index (χ2n) is 4.86. The molecule has 2 rings (SSSR count). The highest BCUT2D eigenvalue weighted by Gasteiger charge is 2.29. The van der Waals surface area contributed by atoms with Crippen molar-refractivity contribution in [3.05, 3.63) is 23.7 Å². The van der Waals surface area contributed by atoms with Crippen molar-refractivity contribution in [2.45, 2.75) is 45.3 Å². The number of allylic oxidation sites excluding steroid dienone is 1. The van der Waals surface area contributed by atoms with Crippen molar-refractivity contribution in [2.24, 2.45) is 5.92 Å². The summed E-state index contributed by atoms with van der Waals surface area (Å²) in [5.41, 5.74) is 0.511. The lowest BCUT2D eigenvalue weighted by molar-refractivity contribution is -0.136. The summed E-state index contributed by atoms with van der Waals surface area (Å²) in [6.45, 7) is 1.70. The van der Waals surface area contributed by atoms with Gasteiger partial charge in [-0.1, -0.05) is 19.3 Å². The Bertz CT molecular complexity index is 364. The van der Waals surface area contributed by atoms with Crippen molar-refractivity contribution in [3.63, 3.8) is 0 Å². The third-order valence-electron chi connectivity index (χ3n) is 3.47. The van der Waals surface area contributed by atoms with E-state index in [1.54, 1.807) is 19.3 Å². The normalized spacial score (nSPS) is 25.1. The average molecular weight is 252 g/mol. The molecule has 1 unspecified atom stereocenters. The van der Waals surface area contributed by atoms with Gasteiger partial charge in [0, 0.05) is 11.5 Å². The quantitative estimate of drug-likeness (QED) is 0.572. The van der Waals surface area contributed by atoms with Gasteiger partial charge in [-0.2, -0.15) is 0 Å². The molecule has 1 aliphatic carbocycles. The van der Waals surface area contributed by atoms with E-state index in [0.717, 1.165) is 12.8 Å². The topological polar surface area (TPSA) is 44.8 Å². The maximum atomic E-state index is 11.3. The van der Waals surface area contributed by atoms with Gasteiger partial charge in [-0.15, -0.1) is 0 Å². The van der Waals surface area contributed by atoms with Crippen LogP contribution in [0.15, 0.2) is 23.7 Å². The number of hydrogen-bond donors (Lipinski definition) is 0. The van der Waals surface area contributed by atoms with Gasteiger partial charge in [-0.3, -0.25) is 0 Å². The van der Waals surface area contributed by atoms with E-state index in [2.05, 4.69) is 4.74 Å². The molecular weight excluding hydrogens is 232 g/mol. The maximum absolute atomic E-state index is 11.3. The van der Waals surface area contributed by atoms with Crippen LogP contribution >= 0.6 is 0 Å². The predicted octanol–water partition coefficient (Wildman–Crippen LogP) is 2.90. The first-order valence-electron chi connectivity index (χ1n) is 6.49. The van der Waals surface area contributed by atoms with Crippen LogP contribution in [0, 0.1) is 5.92 Å². The number of rotatable bonds is 3. The summed E-state index contributed by atoms with van der Waals surface area (Å²) in [7, 11) is 1.37. The van der Waals surface area contributed by atoms with E-state index in [1.807, 2.05) is 0 Å². The molecule has 1 aliphatic heterocycles. The van der Waals surface area contributed by atoms with Crippen LogP contribution in [0.25, 0.3) is 0 Å². The summed E-state index contributed by atoms with van der Waals surface area (Å²) in [5, 5.41) is 0. The van der Waals surface area contributed by atoms with Crippen LogP contribution in [-0.2, 0) is 19.0 Å². The van der Waals surface area contributed by atoms with Crippen molar-refractivity contribution < 1.29 is 19.0 Å². The summed E-state index contributed by atoms with van der Waals surface area (Å²) in [5.74, 6) is 0.730. The highest BCUT2D eigenvalue weighted by Crippen LogP contribution is 2.32. The Morgan fingerprint density at radius 3 is 2.78 bits per heavy atom. The SMILES string of the molecule is COC(=O)C(C)=CC1=COC(C2CCCCC2)O1. The van der Waals surface area contributed by atoms with Crippen LogP contribution in [0.3, 0.4) is 0 Å². The summed E-state index contributed by atoms with van der Waals surface area (Å²) in [4.78, 5) is 11.3. The molecule has 0 aromatic heterocycles. The number of carbonyl (C=O) groups excluding carboxylic acids is 1. The Balaban J connectivity index is 1.89. The molecule has 1 atom stereocenters. The van der Waals surface area contributed by atoms with Gasteiger partial charge in [0.1, 0.15) is 6.26 Å². The van der Waals surface area contributed by atoms with E-state index in [1.165, 1.54) is 26.4 Å². The molecular formula is C14H20O4. The number of ether oxygens (including phenoxy) is 3. The van der Waals surface area contributed by atoms with Crippen LogP contribution in [0.1, 0.15) is 39.0 Å². The fourth-order valence-corrected chi connectivity index (χ4v) is 2.44.